The molecular weight excluding hydrogens is 925 g/mol. The second-order valence-corrected chi connectivity index (χ2v) is 28.6. The van der Waals surface area contributed by atoms with E-state index in [9.17, 15) is 20.1 Å². The van der Waals surface area contributed by atoms with Gasteiger partial charge in [0, 0.05) is 40.8 Å². The van der Waals surface area contributed by atoms with Gasteiger partial charge in [0.15, 0.2) is 11.9 Å². The first kappa shape index (κ1) is 44.8. The lowest BCUT2D eigenvalue weighted by Crippen LogP contribution is -2.82. The van der Waals surface area contributed by atoms with Crippen molar-refractivity contribution in [3.05, 3.63) is 59.7 Å². The summed E-state index contributed by atoms with van der Waals surface area (Å²) in [5.41, 5.74) is -6.58. The van der Waals surface area contributed by atoms with Gasteiger partial charge < -0.3 is 43.6 Å². The fraction of sp³-hybridized carbons (Fsp3) is 0.783. The number of hydrogen-bond donors (Lipinski definition) is 4. The minimum Gasteiger partial charge on any atom is -0.469 e. The molecule has 13 nitrogen and oxygen atoms in total. The van der Waals surface area contributed by atoms with E-state index in [4.69, 9.17) is 23.4 Å². The number of ether oxygens (including phenoxy) is 4. The first-order valence-corrected chi connectivity index (χ1v) is 29.0. The summed E-state index contributed by atoms with van der Waals surface area (Å²) in [7, 11) is 0. The van der Waals surface area contributed by atoms with E-state index in [1.165, 1.54) is 37.7 Å². The van der Waals surface area contributed by atoms with Crippen molar-refractivity contribution in [2.45, 2.75) is 171 Å². The Kier molecular flexibility index (Phi) is 8.27. The maximum atomic E-state index is 16.2. The Morgan fingerprint density at radius 3 is 2.68 bits per heavy atom. The number of hydrogen-bond acceptors (Lipinski definition) is 13. The van der Waals surface area contributed by atoms with Crippen molar-refractivity contribution in [3.8, 4) is 0 Å². The van der Waals surface area contributed by atoms with Gasteiger partial charge in [-0.05, 0) is 166 Å². The predicted octanol–water partition coefficient (Wildman–Crippen LogP) is 6.64. The van der Waals surface area contributed by atoms with Crippen LogP contribution in [-0.4, -0.2) is 106 Å². The standard InChI is InChI=1S/C60H74N2O11/c1-51-24-33-25-58-36-21-34(55(58)17-16-54(28-55)12-4-5-13-54)9-15-57(58)50(68)70-29-56-44(33)53(3,46(66)43(65)45(56)52(2)14-8-35(22-36)59(56,57)73-52)60(51)48(72-60)49(67)71-47(51)38-11-19-69-42(38)23-39(41(64)27-63)31-6-7-37-32(20-31)10-18-62-30-61-26-40(37)62/h8-11,15,18-19,31-34,36-37,39-41,44-48,61,63-64,66H,4-7,12-14,16-17,20-30H2,1-3H3/t31-,32+,33-,34-,36+,37+,39-,40-,41+,44-,45+,46+,47-,48+,51-,52-,53-,55-,56+,57-,58-,59+,60+/m0/s1. The van der Waals surface area contributed by atoms with Crippen molar-refractivity contribution >= 4 is 17.7 Å². The van der Waals surface area contributed by atoms with Gasteiger partial charge in [-0.15, -0.1) is 0 Å². The molecule has 8 heterocycles. The SMILES string of the molecule is C[C@]12[C@H](O)C(=O)[C@H]3[C@]45COC(=O)[C@]67C=C[C@H]8C[C@H](CC9=CC[C@]3(C)O[C@]946)[C@@]7(C[C@H](C[C@@]3(C)[C@H](c4ccoc4C[C@@H]([C@H]4CC[C@@H]6[C@H](C=CN7CNC[C@@H]67)C4)[C@H](O)CO)OC(=O)[C@H]4O[C@@]413)[C@@H]25)[C@]81CCC2(CCCC2)C1. The number of rotatable bonds is 6. The summed E-state index contributed by atoms with van der Waals surface area (Å²) < 4.78 is 35.5. The van der Waals surface area contributed by atoms with Crippen LogP contribution in [-0.2, 0) is 39.8 Å². The van der Waals surface area contributed by atoms with Crippen LogP contribution in [0.3, 0.4) is 0 Å². The van der Waals surface area contributed by atoms with Crippen molar-refractivity contribution in [3.63, 3.8) is 0 Å². The molecule has 390 valence electrons. The molecule has 13 heteroatoms. The highest BCUT2D eigenvalue weighted by atomic mass is 16.7. The molecule has 6 bridgehead atoms. The number of carbonyl (C=O) groups excluding carboxylic acids is 3. The summed E-state index contributed by atoms with van der Waals surface area (Å²) >= 11 is 0. The highest BCUT2D eigenvalue weighted by molar-refractivity contribution is 5.95. The van der Waals surface area contributed by atoms with Gasteiger partial charge >= 0.3 is 11.9 Å². The van der Waals surface area contributed by atoms with E-state index >= 15 is 9.59 Å². The average Bonchev–Trinajstić information content (AvgIpc) is 4.13. The average molecular weight is 999 g/mol. The number of nitrogens with zero attached hydrogens (tertiary/aromatic N) is 1. The molecule has 23 atom stereocenters. The van der Waals surface area contributed by atoms with Gasteiger partial charge in [0.2, 0.25) is 0 Å². The fourth-order valence-corrected chi connectivity index (χ4v) is 25.2. The van der Waals surface area contributed by atoms with E-state index in [0.29, 0.717) is 48.8 Å². The van der Waals surface area contributed by atoms with Crippen LogP contribution in [0.25, 0.3) is 0 Å². The Hall–Kier alpha value is -3.33. The van der Waals surface area contributed by atoms with Gasteiger partial charge in [-0.1, -0.05) is 51.0 Å². The molecule has 16 aliphatic rings. The van der Waals surface area contributed by atoms with Crippen molar-refractivity contribution in [1.29, 1.82) is 0 Å². The summed E-state index contributed by atoms with van der Waals surface area (Å²) in [5.74, 6) is -0.424. The fourth-order valence-electron chi connectivity index (χ4n) is 25.2. The number of allylic oxidation sites excluding steroid dienone is 2. The number of esters is 2. The quantitative estimate of drug-likeness (QED) is 0.135. The topological polar surface area (TPSA) is 181 Å². The first-order valence-electron chi connectivity index (χ1n) is 29.0. The van der Waals surface area contributed by atoms with Crippen molar-refractivity contribution in [2.24, 2.45) is 91.2 Å². The van der Waals surface area contributed by atoms with Crippen LogP contribution in [0.2, 0.25) is 0 Å². The maximum absolute atomic E-state index is 16.2. The number of Topliss-reactive ketones (excluding diaryl/α,β-unsaturated/α-hetero) is 1. The van der Waals surface area contributed by atoms with Gasteiger partial charge in [-0.3, -0.25) is 14.9 Å². The van der Waals surface area contributed by atoms with Crippen molar-refractivity contribution in [1.82, 2.24) is 10.2 Å². The zero-order chi connectivity index (χ0) is 49.5. The molecule has 1 aromatic rings. The zero-order valence-corrected chi connectivity index (χ0v) is 42.8. The van der Waals surface area contributed by atoms with Crippen LogP contribution in [0.4, 0.5) is 0 Å². The van der Waals surface area contributed by atoms with Gasteiger partial charge in [0.05, 0.1) is 42.6 Å². The molecule has 5 saturated heterocycles. The number of fused-ring (bicyclic) bond motifs is 5. The Morgan fingerprint density at radius 2 is 1.85 bits per heavy atom. The van der Waals surface area contributed by atoms with Gasteiger partial charge in [-0.2, -0.15) is 0 Å². The smallest absolute Gasteiger partial charge is 0.339 e. The molecule has 0 amide bonds. The van der Waals surface area contributed by atoms with E-state index in [2.05, 4.69) is 61.5 Å². The largest absolute Gasteiger partial charge is 0.469 e. The third-order valence-corrected chi connectivity index (χ3v) is 26.9. The highest BCUT2D eigenvalue weighted by Crippen LogP contribution is 2.94. The Balaban J connectivity index is 0.838. The molecule has 0 unspecified atom stereocenters. The summed E-state index contributed by atoms with van der Waals surface area (Å²) in [6.45, 7) is 7.86. The molecular formula is C60H74N2O11. The second-order valence-electron chi connectivity index (χ2n) is 28.6. The Bertz CT molecular complexity index is 2800. The number of furan rings is 1. The molecule has 7 spiro atoms. The lowest BCUT2D eigenvalue weighted by atomic mass is 9.31. The van der Waals surface area contributed by atoms with Gasteiger partial charge in [0.1, 0.15) is 41.2 Å². The summed E-state index contributed by atoms with van der Waals surface area (Å²) in [6.07, 6.45) is 24.2. The third-order valence-electron chi connectivity index (χ3n) is 26.9. The van der Waals surface area contributed by atoms with Crippen LogP contribution >= 0.6 is 0 Å². The van der Waals surface area contributed by atoms with E-state index in [1.54, 1.807) is 6.26 Å². The van der Waals surface area contributed by atoms with Crippen LogP contribution in [0.15, 0.2) is 52.8 Å². The molecule has 1 aromatic heterocycles. The monoisotopic (exact) mass is 999 g/mol. The van der Waals surface area contributed by atoms with E-state index < -0.39 is 86.1 Å². The highest BCUT2D eigenvalue weighted by Gasteiger charge is 3.00. The maximum Gasteiger partial charge on any atom is 0.339 e. The molecule has 13 fully saturated rings. The number of aliphatic hydroxyl groups excluding tert-OH is 3. The number of carbonyl (C=O) groups is 3. The number of aliphatic hydroxyl groups is 3. The minimum atomic E-state index is -1.49. The Labute approximate surface area is 427 Å². The third kappa shape index (κ3) is 4.39. The van der Waals surface area contributed by atoms with Crippen LogP contribution < -0.4 is 5.32 Å². The molecule has 0 aromatic carbocycles. The van der Waals surface area contributed by atoms with Crippen molar-refractivity contribution < 1.29 is 53.1 Å². The van der Waals surface area contributed by atoms with Crippen LogP contribution in [0.5, 0.6) is 0 Å². The van der Waals surface area contributed by atoms with Gasteiger partial charge in [-0.25, -0.2) is 4.79 Å². The van der Waals surface area contributed by atoms with E-state index in [-0.39, 0.29) is 59.5 Å². The number of ketones is 1. The minimum absolute atomic E-state index is 0.0233. The summed E-state index contributed by atoms with van der Waals surface area (Å²) in [6, 6.07) is 2.40. The van der Waals surface area contributed by atoms with E-state index in [1.807, 2.05) is 6.07 Å². The lowest BCUT2D eigenvalue weighted by molar-refractivity contribution is -0.297. The number of nitrogens with one attached hydrogen (secondary N) is 1. The summed E-state index contributed by atoms with van der Waals surface area (Å²) in [5, 5.41) is 39.5. The Morgan fingerprint density at radius 1 is 1.00 bits per heavy atom. The normalized spacial score (nSPS) is 56.6. The van der Waals surface area contributed by atoms with E-state index in [0.717, 1.165) is 70.1 Å². The number of cyclic esters (lactones) is 2. The number of epoxide rings is 1. The predicted molar refractivity (Wildman–Crippen MR) is 260 cm³/mol. The van der Waals surface area contributed by atoms with Gasteiger partial charge in [0.25, 0.3) is 0 Å². The van der Waals surface area contributed by atoms with Crippen LogP contribution in [0, 0.1) is 91.2 Å². The molecule has 17 rings (SSSR count). The molecule has 9 aliphatic carbocycles. The first-order chi connectivity index (χ1) is 35.1. The molecule has 0 radical (unpaired) electrons. The molecule has 73 heavy (non-hydrogen) atoms. The second kappa shape index (κ2) is 13.5. The summed E-state index contributed by atoms with van der Waals surface area (Å²) in [4.78, 5) is 49.6. The molecule has 4 N–H and O–H groups in total. The van der Waals surface area contributed by atoms with Crippen LogP contribution in [0.1, 0.15) is 135 Å². The molecule has 7 aliphatic heterocycles. The zero-order valence-electron chi connectivity index (χ0n) is 42.8. The molecule has 8 saturated carbocycles. The lowest BCUT2D eigenvalue weighted by Gasteiger charge is -2.73. The van der Waals surface area contributed by atoms with Crippen molar-refractivity contribution in [2.75, 3.05) is 26.4 Å².